The lowest BCUT2D eigenvalue weighted by molar-refractivity contribution is -0.117. The van der Waals surface area contributed by atoms with E-state index in [0.29, 0.717) is 6.42 Å². The smallest absolute Gasteiger partial charge is 0.158 e. The van der Waals surface area contributed by atoms with E-state index in [1.54, 1.807) is 0 Å². The van der Waals surface area contributed by atoms with E-state index < -0.39 is 5.54 Å². The second-order valence-electron chi connectivity index (χ2n) is 4.13. The summed E-state index contributed by atoms with van der Waals surface area (Å²) >= 11 is 2.21. The second-order valence-corrected chi connectivity index (χ2v) is 4.89. The van der Waals surface area contributed by atoms with Crippen molar-refractivity contribution < 1.29 is 4.79 Å². The largest absolute Gasteiger partial charge is 0.295 e. The molecule has 0 spiro atoms. The molecule has 1 rings (SSSR count). The number of hydrogen-bond donors (Lipinski definition) is 0. The predicted molar refractivity (Wildman–Crippen MR) is 67.9 cm³/mol. The third-order valence-corrected chi connectivity index (χ3v) is 4.55. The SMILES string of the molecule is CC1=CC[C@@H](C(C)(CI)N=[N+]=[N-])CC1=O. The maximum absolute atomic E-state index is 11.6. The lowest BCUT2D eigenvalue weighted by Gasteiger charge is -2.33. The van der Waals surface area contributed by atoms with Crippen molar-refractivity contribution in [2.45, 2.75) is 32.2 Å². The van der Waals surface area contributed by atoms with Crippen LogP contribution in [0, 0.1) is 5.92 Å². The highest BCUT2D eigenvalue weighted by Crippen LogP contribution is 2.34. The lowest BCUT2D eigenvalue weighted by atomic mass is 9.77. The monoisotopic (exact) mass is 319 g/mol. The first-order chi connectivity index (χ1) is 7.03. The normalized spacial score (nSPS) is 25.1. The van der Waals surface area contributed by atoms with E-state index >= 15 is 0 Å². The molecule has 0 fully saturated rings. The minimum atomic E-state index is -0.442. The highest BCUT2D eigenvalue weighted by molar-refractivity contribution is 14.1. The third-order valence-electron chi connectivity index (χ3n) is 3.00. The molecule has 0 saturated carbocycles. The molecule has 0 radical (unpaired) electrons. The van der Waals surface area contributed by atoms with Gasteiger partial charge in [0.2, 0.25) is 0 Å². The molecule has 4 nitrogen and oxygen atoms in total. The van der Waals surface area contributed by atoms with E-state index in [0.717, 1.165) is 16.4 Å². The average molecular weight is 319 g/mol. The van der Waals surface area contributed by atoms with Crippen LogP contribution in [0.5, 0.6) is 0 Å². The molecule has 0 aromatic rings. The summed E-state index contributed by atoms with van der Waals surface area (Å²) in [5.74, 6) is 0.317. The molecule has 0 N–H and O–H groups in total. The maximum Gasteiger partial charge on any atom is 0.158 e. The molecule has 1 unspecified atom stereocenters. The van der Waals surface area contributed by atoms with Crippen molar-refractivity contribution >= 4 is 28.4 Å². The first-order valence-electron chi connectivity index (χ1n) is 4.85. The van der Waals surface area contributed by atoms with Crippen LogP contribution in [0.2, 0.25) is 0 Å². The molecule has 1 aliphatic carbocycles. The highest BCUT2D eigenvalue weighted by Gasteiger charge is 2.35. The number of halogens is 1. The molecule has 0 bridgehead atoms. The summed E-state index contributed by atoms with van der Waals surface area (Å²) in [5, 5.41) is 3.85. The minimum Gasteiger partial charge on any atom is -0.295 e. The van der Waals surface area contributed by atoms with Crippen LogP contribution in [0.4, 0.5) is 0 Å². The molecule has 82 valence electrons. The van der Waals surface area contributed by atoms with E-state index in [-0.39, 0.29) is 11.7 Å². The molecule has 1 aliphatic rings. The molecule has 0 saturated heterocycles. The Labute approximate surface area is 103 Å². The molecule has 0 aromatic carbocycles. The number of ketones is 1. The van der Waals surface area contributed by atoms with E-state index in [1.165, 1.54) is 0 Å². The Morgan fingerprint density at radius 1 is 1.80 bits per heavy atom. The molecule has 0 aromatic heterocycles. The van der Waals surface area contributed by atoms with Gasteiger partial charge in [-0.25, -0.2) is 0 Å². The summed E-state index contributed by atoms with van der Waals surface area (Å²) in [5.41, 5.74) is 8.93. The van der Waals surface area contributed by atoms with Crippen LogP contribution < -0.4 is 0 Å². The molecule has 0 amide bonds. The number of allylic oxidation sites excluding steroid dienone is 2. The Bertz CT molecular complexity index is 347. The van der Waals surface area contributed by atoms with Gasteiger partial charge in [-0.3, -0.25) is 4.79 Å². The Balaban J connectivity index is 2.90. The molecule has 5 heteroatoms. The molecule has 0 heterocycles. The van der Waals surface area contributed by atoms with Crippen molar-refractivity contribution in [3.8, 4) is 0 Å². The van der Waals surface area contributed by atoms with Gasteiger partial charge in [0.1, 0.15) is 0 Å². The Morgan fingerprint density at radius 3 is 2.93 bits per heavy atom. The van der Waals surface area contributed by atoms with Gasteiger partial charge in [0.25, 0.3) is 0 Å². The third kappa shape index (κ3) is 2.72. The van der Waals surface area contributed by atoms with Crippen molar-refractivity contribution in [1.29, 1.82) is 0 Å². The Morgan fingerprint density at radius 2 is 2.47 bits per heavy atom. The van der Waals surface area contributed by atoms with Crippen LogP contribution in [0.15, 0.2) is 16.8 Å². The number of carbonyl (C=O) groups is 1. The molecule has 0 aliphatic heterocycles. The minimum absolute atomic E-state index is 0.140. The lowest BCUT2D eigenvalue weighted by Crippen LogP contribution is -2.37. The van der Waals surface area contributed by atoms with Crippen LogP contribution >= 0.6 is 22.6 Å². The summed E-state index contributed by atoms with van der Waals surface area (Å²) in [6, 6.07) is 0. The van der Waals surface area contributed by atoms with Crippen LogP contribution in [-0.4, -0.2) is 15.7 Å². The second kappa shape index (κ2) is 4.99. The van der Waals surface area contributed by atoms with Gasteiger partial charge in [0.15, 0.2) is 5.78 Å². The number of Topliss-reactive ketones (excluding diaryl/α,β-unsaturated/α-hetero) is 1. The van der Waals surface area contributed by atoms with Gasteiger partial charge < -0.3 is 0 Å². The number of alkyl halides is 1. The van der Waals surface area contributed by atoms with Crippen molar-refractivity contribution in [2.24, 2.45) is 11.0 Å². The first kappa shape index (κ1) is 12.5. The zero-order chi connectivity index (χ0) is 11.5. The number of carbonyl (C=O) groups excluding carboxylic acids is 1. The van der Waals surface area contributed by atoms with Crippen molar-refractivity contribution in [1.82, 2.24) is 0 Å². The number of rotatable bonds is 3. The van der Waals surface area contributed by atoms with E-state index in [9.17, 15) is 4.79 Å². The predicted octanol–water partition coefficient (Wildman–Crippen LogP) is 3.42. The van der Waals surface area contributed by atoms with Gasteiger partial charge in [0.05, 0.1) is 5.54 Å². The maximum atomic E-state index is 11.6. The summed E-state index contributed by atoms with van der Waals surface area (Å²) in [7, 11) is 0. The van der Waals surface area contributed by atoms with Crippen LogP contribution in [0.3, 0.4) is 0 Å². The standard InChI is InChI=1S/C10H14IN3O/c1-7-3-4-8(5-9(7)15)10(2,6-11)13-14-12/h3,8H,4-6H2,1-2H3/t8-,10?/m1/s1. The fraction of sp³-hybridized carbons (Fsp3) is 0.700. The Kier molecular flexibility index (Phi) is 4.16. The summed E-state index contributed by atoms with van der Waals surface area (Å²) in [6.45, 7) is 3.76. The van der Waals surface area contributed by atoms with Crippen molar-refractivity contribution in [3.63, 3.8) is 0 Å². The van der Waals surface area contributed by atoms with E-state index in [1.807, 2.05) is 19.9 Å². The van der Waals surface area contributed by atoms with Crippen LogP contribution in [-0.2, 0) is 4.79 Å². The molecule has 2 atom stereocenters. The van der Waals surface area contributed by atoms with Gasteiger partial charge in [-0.2, -0.15) is 0 Å². The quantitative estimate of drug-likeness (QED) is 0.258. The number of hydrogen-bond acceptors (Lipinski definition) is 2. The first-order valence-corrected chi connectivity index (χ1v) is 6.38. The number of azide groups is 1. The molecular formula is C10H14IN3O. The van der Waals surface area contributed by atoms with Gasteiger partial charge in [-0.1, -0.05) is 40.7 Å². The summed E-state index contributed by atoms with van der Waals surface area (Å²) in [6.07, 6.45) is 3.28. The van der Waals surface area contributed by atoms with Gasteiger partial charge in [-0.05, 0) is 30.4 Å². The van der Waals surface area contributed by atoms with Crippen LogP contribution in [0.25, 0.3) is 10.4 Å². The Hall–Kier alpha value is -0.550. The molecule has 15 heavy (non-hydrogen) atoms. The fourth-order valence-electron chi connectivity index (χ4n) is 1.69. The van der Waals surface area contributed by atoms with Crippen molar-refractivity contribution in [2.75, 3.05) is 4.43 Å². The zero-order valence-electron chi connectivity index (χ0n) is 8.90. The van der Waals surface area contributed by atoms with E-state index in [2.05, 4.69) is 32.6 Å². The van der Waals surface area contributed by atoms with Gasteiger partial charge in [-0.15, -0.1) is 0 Å². The fourth-order valence-corrected chi connectivity index (χ4v) is 2.47. The topological polar surface area (TPSA) is 65.8 Å². The van der Waals surface area contributed by atoms with Gasteiger partial charge in [0, 0.05) is 15.8 Å². The molecular weight excluding hydrogens is 305 g/mol. The van der Waals surface area contributed by atoms with Crippen molar-refractivity contribution in [3.05, 3.63) is 22.1 Å². The average Bonchev–Trinajstić information content (AvgIpc) is 2.22. The van der Waals surface area contributed by atoms with Gasteiger partial charge >= 0.3 is 0 Å². The zero-order valence-corrected chi connectivity index (χ0v) is 11.1. The van der Waals surface area contributed by atoms with Crippen LogP contribution in [0.1, 0.15) is 26.7 Å². The summed E-state index contributed by atoms with van der Waals surface area (Å²) < 4.78 is 0.736. The van der Waals surface area contributed by atoms with E-state index in [4.69, 9.17) is 5.53 Å². The number of nitrogens with zero attached hydrogens (tertiary/aromatic N) is 3. The summed E-state index contributed by atoms with van der Waals surface area (Å²) in [4.78, 5) is 14.5. The highest BCUT2D eigenvalue weighted by atomic mass is 127.